The number of rotatable bonds is 6. The molecule has 148 valence electrons. The second-order valence-corrected chi connectivity index (χ2v) is 7.53. The van der Waals surface area contributed by atoms with E-state index in [9.17, 15) is 4.79 Å². The average molecular weight is 380 g/mol. The molecule has 0 radical (unpaired) electrons. The monoisotopic (exact) mass is 380 g/mol. The minimum atomic E-state index is -0.162. The maximum absolute atomic E-state index is 12.6. The lowest BCUT2D eigenvalue weighted by molar-refractivity contribution is 0.159. The Labute approximate surface area is 166 Å². The number of nitrogens with zero attached hydrogens (tertiary/aromatic N) is 2. The highest BCUT2D eigenvalue weighted by Crippen LogP contribution is 2.20. The molecule has 0 spiro atoms. The third-order valence-electron chi connectivity index (χ3n) is 5.62. The fourth-order valence-electron chi connectivity index (χ4n) is 4.11. The highest BCUT2D eigenvalue weighted by atomic mass is 16.5. The van der Waals surface area contributed by atoms with Crippen LogP contribution < -0.4 is 10.6 Å². The molecule has 2 aromatic rings. The predicted octanol–water partition coefficient (Wildman–Crippen LogP) is 2.85. The third kappa shape index (κ3) is 4.69. The number of anilines is 1. The Bertz CT molecular complexity index is 777. The predicted molar refractivity (Wildman–Crippen MR) is 109 cm³/mol. The summed E-state index contributed by atoms with van der Waals surface area (Å²) in [6.07, 6.45) is 5.95. The minimum Gasteiger partial charge on any atom is -0.378 e. The largest absolute Gasteiger partial charge is 0.378 e. The van der Waals surface area contributed by atoms with Crippen LogP contribution >= 0.6 is 0 Å². The number of urea groups is 1. The van der Waals surface area contributed by atoms with Gasteiger partial charge in [-0.2, -0.15) is 0 Å². The number of nitrogens with one attached hydrogen (secondary N) is 2. The number of likely N-dealkylation sites (tertiary alicyclic amines) is 1. The first kappa shape index (κ1) is 18.9. The van der Waals surface area contributed by atoms with E-state index in [1.807, 2.05) is 42.6 Å². The Morgan fingerprint density at radius 1 is 1.07 bits per heavy atom. The Hall–Kier alpha value is -2.44. The van der Waals surface area contributed by atoms with Crippen LogP contribution in [0.1, 0.15) is 24.1 Å². The lowest BCUT2D eigenvalue weighted by Crippen LogP contribution is -2.51. The summed E-state index contributed by atoms with van der Waals surface area (Å²) in [7, 11) is 0. The molecule has 2 atom stereocenters. The van der Waals surface area contributed by atoms with Gasteiger partial charge in [-0.25, -0.2) is 4.79 Å². The minimum absolute atomic E-state index is 0.0405. The van der Waals surface area contributed by atoms with Crippen LogP contribution in [-0.4, -0.2) is 54.3 Å². The van der Waals surface area contributed by atoms with Gasteiger partial charge in [0.05, 0.1) is 25.3 Å². The van der Waals surface area contributed by atoms with E-state index < -0.39 is 0 Å². The molecule has 2 N–H and O–H groups in total. The number of ether oxygens (including phenoxy) is 1. The first-order chi connectivity index (χ1) is 13.8. The number of carbonyl (C=O) groups excluding carboxylic acids is 1. The lowest BCUT2D eigenvalue weighted by Gasteiger charge is -2.28. The summed E-state index contributed by atoms with van der Waals surface area (Å²) in [6.45, 7) is 3.48. The summed E-state index contributed by atoms with van der Waals surface area (Å²) in [5.74, 6) is 0. The molecular weight excluding hydrogens is 352 g/mol. The highest BCUT2D eigenvalue weighted by molar-refractivity contribution is 5.90. The summed E-state index contributed by atoms with van der Waals surface area (Å²) >= 11 is 0. The van der Waals surface area contributed by atoms with Crippen molar-refractivity contribution in [1.82, 2.24) is 15.2 Å². The highest BCUT2D eigenvalue weighted by Gasteiger charge is 2.35. The van der Waals surface area contributed by atoms with Gasteiger partial charge >= 0.3 is 6.03 Å². The molecule has 2 aliphatic rings. The molecule has 2 aliphatic heterocycles. The summed E-state index contributed by atoms with van der Waals surface area (Å²) in [4.78, 5) is 19.5. The van der Waals surface area contributed by atoms with Crippen LogP contribution in [0.4, 0.5) is 10.5 Å². The lowest BCUT2D eigenvalue weighted by atomic mass is 10.1. The van der Waals surface area contributed by atoms with Crippen molar-refractivity contribution in [3.8, 4) is 0 Å². The van der Waals surface area contributed by atoms with E-state index >= 15 is 0 Å². The molecule has 0 bridgehead atoms. The van der Waals surface area contributed by atoms with E-state index in [-0.39, 0.29) is 18.1 Å². The van der Waals surface area contributed by atoms with Gasteiger partial charge in [-0.3, -0.25) is 9.88 Å². The molecule has 4 rings (SSSR count). The standard InChI is InChI=1S/C22H28N4O2/c27-22(25-20-15-28-16-21(20)26-13-5-6-14-26)24-19-9-2-1-7-17(19)10-11-18-8-3-4-12-23-18/h1-4,7-9,12,20-21H,5-6,10-11,13-16H2,(H2,24,25,27). The molecule has 2 fully saturated rings. The van der Waals surface area contributed by atoms with Gasteiger partial charge in [-0.15, -0.1) is 0 Å². The van der Waals surface area contributed by atoms with Crippen molar-refractivity contribution >= 4 is 11.7 Å². The fourth-order valence-corrected chi connectivity index (χ4v) is 4.11. The SMILES string of the molecule is O=C(Nc1ccccc1CCc1ccccn1)NC1COCC1N1CCCC1. The quantitative estimate of drug-likeness (QED) is 0.809. The van der Waals surface area contributed by atoms with Crippen molar-refractivity contribution in [2.45, 2.75) is 37.8 Å². The van der Waals surface area contributed by atoms with E-state index in [1.165, 1.54) is 12.8 Å². The zero-order chi connectivity index (χ0) is 19.2. The first-order valence-electron chi connectivity index (χ1n) is 10.2. The number of aryl methyl sites for hydroxylation is 2. The Morgan fingerprint density at radius 3 is 2.71 bits per heavy atom. The van der Waals surface area contributed by atoms with E-state index in [4.69, 9.17) is 4.74 Å². The Balaban J connectivity index is 1.35. The normalized spacial score (nSPS) is 22.3. The maximum Gasteiger partial charge on any atom is 0.319 e. The number of hydrogen-bond donors (Lipinski definition) is 2. The summed E-state index contributed by atoms with van der Waals surface area (Å²) in [5, 5.41) is 6.17. The van der Waals surface area contributed by atoms with Gasteiger partial charge in [0.25, 0.3) is 0 Å². The molecule has 2 saturated heterocycles. The van der Waals surface area contributed by atoms with Crippen molar-refractivity contribution in [2.24, 2.45) is 0 Å². The maximum atomic E-state index is 12.6. The number of amides is 2. The van der Waals surface area contributed by atoms with Crippen LogP contribution in [0.5, 0.6) is 0 Å². The molecule has 1 aromatic carbocycles. The fraction of sp³-hybridized carbons (Fsp3) is 0.455. The molecule has 2 amide bonds. The van der Waals surface area contributed by atoms with Crippen molar-refractivity contribution in [2.75, 3.05) is 31.6 Å². The number of benzene rings is 1. The molecule has 2 unspecified atom stereocenters. The van der Waals surface area contributed by atoms with Gasteiger partial charge in [0, 0.05) is 17.6 Å². The van der Waals surface area contributed by atoms with Crippen molar-refractivity contribution in [1.29, 1.82) is 0 Å². The second kappa shape index (κ2) is 9.17. The van der Waals surface area contributed by atoms with Crippen LogP contribution in [0.3, 0.4) is 0 Å². The number of para-hydroxylation sites is 1. The van der Waals surface area contributed by atoms with E-state index in [0.29, 0.717) is 13.2 Å². The Morgan fingerprint density at radius 2 is 1.89 bits per heavy atom. The van der Waals surface area contributed by atoms with Crippen LogP contribution in [-0.2, 0) is 17.6 Å². The van der Waals surface area contributed by atoms with Crippen LogP contribution in [0.15, 0.2) is 48.7 Å². The third-order valence-corrected chi connectivity index (χ3v) is 5.62. The van der Waals surface area contributed by atoms with E-state index in [1.54, 1.807) is 0 Å². The van der Waals surface area contributed by atoms with Gasteiger partial charge in [-0.05, 0) is 62.5 Å². The molecule has 6 nitrogen and oxygen atoms in total. The molecule has 0 aliphatic carbocycles. The van der Waals surface area contributed by atoms with Gasteiger partial charge in [0.2, 0.25) is 0 Å². The van der Waals surface area contributed by atoms with Crippen LogP contribution in [0, 0.1) is 0 Å². The molecule has 0 saturated carbocycles. The van der Waals surface area contributed by atoms with Crippen LogP contribution in [0.25, 0.3) is 0 Å². The average Bonchev–Trinajstić information content (AvgIpc) is 3.40. The second-order valence-electron chi connectivity index (χ2n) is 7.53. The zero-order valence-electron chi connectivity index (χ0n) is 16.1. The van der Waals surface area contributed by atoms with Gasteiger partial charge < -0.3 is 15.4 Å². The molecule has 28 heavy (non-hydrogen) atoms. The molecule has 6 heteroatoms. The number of carbonyl (C=O) groups is 1. The van der Waals surface area contributed by atoms with E-state index in [0.717, 1.165) is 42.9 Å². The van der Waals surface area contributed by atoms with Gasteiger partial charge in [0.15, 0.2) is 0 Å². The van der Waals surface area contributed by atoms with E-state index in [2.05, 4.69) is 26.6 Å². The molecular formula is C22H28N4O2. The number of pyridine rings is 1. The molecule has 3 heterocycles. The van der Waals surface area contributed by atoms with Crippen molar-refractivity contribution in [3.63, 3.8) is 0 Å². The summed E-state index contributed by atoms with van der Waals surface area (Å²) < 4.78 is 5.65. The number of hydrogen-bond acceptors (Lipinski definition) is 4. The molecule has 1 aromatic heterocycles. The zero-order valence-corrected chi connectivity index (χ0v) is 16.1. The van der Waals surface area contributed by atoms with Crippen molar-refractivity contribution in [3.05, 3.63) is 59.9 Å². The topological polar surface area (TPSA) is 66.5 Å². The smallest absolute Gasteiger partial charge is 0.319 e. The number of aromatic nitrogens is 1. The van der Waals surface area contributed by atoms with Crippen LogP contribution in [0.2, 0.25) is 0 Å². The first-order valence-corrected chi connectivity index (χ1v) is 10.2. The van der Waals surface area contributed by atoms with Crippen molar-refractivity contribution < 1.29 is 9.53 Å². The summed E-state index contributed by atoms with van der Waals surface area (Å²) in [5.41, 5.74) is 3.02. The van der Waals surface area contributed by atoms with Gasteiger partial charge in [-0.1, -0.05) is 24.3 Å². The summed E-state index contributed by atoms with van der Waals surface area (Å²) in [6, 6.07) is 14.1. The Kier molecular flexibility index (Phi) is 6.19. The van der Waals surface area contributed by atoms with Gasteiger partial charge in [0.1, 0.15) is 0 Å².